The molecule has 2 N–H and O–H groups in total. The minimum Gasteiger partial charge on any atom is -0.478 e. The second kappa shape index (κ2) is 6.79. The summed E-state index contributed by atoms with van der Waals surface area (Å²) in [4.78, 5) is 30.0. The maximum atomic E-state index is 13.6. The van der Waals surface area contributed by atoms with Crippen LogP contribution in [-0.4, -0.2) is 40.6 Å². The number of aromatic amines is 1. The number of benzene rings is 1. The predicted molar refractivity (Wildman–Crippen MR) is 92.7 cm³/mol. The van der Waals surface area contributed by atoms with Gasteiger partial charge in [-0.3, -0.25) is 14.5 Å². The average molecular weight is 422 g/mol. The van der Waals surface area contributed by atoms with Crippen LogP contribution in [0.5, 0.6) is 0 Å². The van der Waals surface area contributed by atoms with Crippen molar-refractivity contribution in [2.45, 2.75) is 12.7 Å². The van der Waals surface area contributed by atoms with Gasteiger partial charge in [0.05, 0.1) is 30.1 Å². The molecule has 3 heterocycles. The summed E-state index contributed by atoms with van der Waals surface area (Å²) in [5.41, 5.74) is -1.98. The highest BCUT2D eigenvalue weighted by molar-refractivity contribution is 5.87. The van der Waals surface area contributed by atoms with Gasteiger partial charge in [-0.15, -0.1) is 0 Å². The number of carbonyl (C=O) groups is 1. The molecule has 30 heavy (non-hydrogen) atoms. The Morgan fingerprint density at radius 2 is 1.93 bits per heavy atom. The Kier molecular flexibility index (Phi) is 4.37. The van der Waals surface area contributed by atoms with Gasteiger partial charge in [-0.1, -0.05) is 0 Å². The maximum absolute atomic E-state index is 13.6. The fourth-order valence-corrected chi connectivity index (χ4v) is 2.85. The number of carboxylic acids is 1. The predicted octanol–water partition coefficient (Wildman–Crippen LogP) is 2.21. The van der Waals surface area contributed by atoms with E-state index in [0.717, 1.165) is 33.9 Å². The lowest BCUT2D eigenvalue weighted by Crippen LogP contribution is -2.17. The highest BCUT2D eigenvalue weighted by atomic mass is 19.4. The van der Waals surface area contributed by atoms with E-state index in [1.807, 2.05) is 0 Å². The van der Waals surface area contributed by atoms with Gasteiger partial charge in [-0.2, -0.15) is 23.4 Å². The van der Waals surface area contributed by atoms with Crippen molar-refractivity contribution >= 4 is 17.0 Å². The van der Waals surface area contributed by atoms with Gasteiger partial charge in [0.1, 0.15) is 11.3 Å². The van der Waals surface area contributed by atoms with Crippen LogP contribution in [0.1, 0.15) is 21.5 Å². The monoisotopic (exact) mass is 422 g/mol. The number of alkyl halides is 3. The molecular weight excluding hydrogens is 412 g/mol. The first-order valence-electron chi connectivity index (χ1n) is 8.22. The van der Waals surface area contributed by atoms with Crippen LogP contribution >= 0.6 is 0 Å². The fourth-order valence-electron chi connectivity index (χ4n) is 2.85. The van der Waals surface area contributed by atoms with E-state index in [0.29, 0.717) is 6.07 Å². The number of halogens is 4. The standard InChI is InChI=1S/C17H10F4N6O3/c18-11-2-8(1-10(3-11)17(19,20)21)6-26-13-12(5-23-26)24-16(25-14(13)28)27-7-9(4-22-27)15(29)30/h1-5,7H,6H2,(H,29,30)(H,24,25,28). The number of nitrogens with zero attached hydrogens (tertiary/aromatic N) is 5. The minimum absolute atomic E-state index is 0.0472. The largest absolute Gasteiger partial charge is 0.478 e. The number of fused-ring (bicyclic) bond motifs is 1. The maximum Gasteiger partial charge on any atom is 0.416 e. The summed E-state index contributed by atoms with van der Waals surface area (Å²) >= 11 is 0. The molecule has 0 saturated carbocycles. The van der Waals surface area contributed by atoms with Gasteiger partial charge in [0.25, 0.3) is 5.56 Å². The van der Waals surface area contributed by atoms with E-state index in [2.05, 4.69) is 20.2 Å². The Hall–Kier alpha value is -4.03. The molecule has 0 aliphatic heterocycles. The number of rotatable bonds is 4. The molecule has 154 valence electrons. The van der Waals surface area contributed by atoms with E-state index in [1.54, 1.807) is 0 Å². The number of hydrogen-bond acceptors (Lipinski definition) is 5. The molecule has 0 saturated heterocycles. The van der Waals surface area contributed by atoms with Crippen molar-refractivity contribution in [2.75, 3.05) is 0 Å². The molecule has 13 heteroatoms. The van der Waals surface area contributed by atoms with E-state index in [-0.39, 0.29) is 34.7 Å². The highest BCUT2D eigenvalue weighted by Gasteiger charge is 2.31. The molecule has 3 aromatic heterocycles. The average Bonchev–Trinajstić information content (AvgIpc) is 3.28. The molecule has 4 rings (SSSR count). The van der Waals surface area contributed by atoms with E-state index >= 15 is 0 Å². The van der Waals surface area contributed by atoms with Crippen LogP contribution in [0.4, 0.5) is 17.6 Å². The Balaban J connectivity index is 1.73. The van der Waals surface area contributed by atoms with Gasteiger partial charge >= 0.3 is 12.1 Å². The molecule has 9 nitrogen and oxygen atoms in total. The molecule has 0 spiro atoms. The third-order valence-corrected chi connectivity index (χ3v) is 4.15. The number of aromatic nitrogens is 6. The van der Waals surface area contributed by atoms with E-state index in [9.17, 15) is 27.2 Å². The molecule has 1 aromatic carbocycles. The Bertz CT molecular complexity index is 1340. The summed E-state index contributed by atoms with van der Waals surface area (Å²) in [5, 5.41) is 16.7. The molecule has 0 atom stereocenters. The Morgan fingerprint density at radius 3 is 2.60 bits per heavy atom. The lowest BCUT2D eigenvalue weighted by Gasteiger charge is -2.10. The lowest BCUT2D eigenvalue weighted by molar-refractivity contribution is -0.137. The second-order valence-corrected chi connectivity index (χ2v) is 6.25. The van der Waals surface area contributed by atoms with E-state index in [1.165, 1.54) is 6.20 Å². The third-order valence-electron chi connectivity index (χ3n) is 4.15. The van der Waals surface area contributed by atoms with Crippen molar-refractivity contribution in [2.24, 2.45) is 0 Å². The summed E-state index contributed by atoms with van der Waals surface area (Å²) in [6.07, 6.45) is -1.31. The van der Waals surface area contributed by atoms with Crippen LogP contribution < -0.4 is 5.56 Å². The summed E-state index contributed by atoms with van der Waals surface area (Å²) in [6, 6.07) is 2.06. The van der Waals surface area contributed by atoms with E-state index < -0.39 is 29.1 Å². The van der Waals surface area contributed by atoms with Crippen molar-refractivity contribution in [1.82, 2.24) is 29.5 Å². The topological polar surface area (TPSA) is 119 Å². The molecule has 0 radical (unpaired) electrons. The first-order chi connectivity index (χ1) is 14.1. The highest BCUT2D eigenvalue weighted by Crippen LogP contribution is 2.30. The van der Waals surface area contributed by atoms with Crippen LogP contribution in [0.15, 0.2) is 41.6 Å². The molecule has 0 unspecified atom stereocenters. The molecule has 0 amide bonds. The van der Waals surface area contributed by atoms with Gasteiger partial charge < -0.3 is 5.11 Å². The minimum atomic E-state index is -4.73. The summed E-state index contributed by atoms with van der Waals surface area (Å²) < 4.78 is 54.5. The van der Waals surface area contributed by atoms with Crippen molar-refractivity contribution < 1.29 is 27.5 Å². The first-order valence-corrected chi connectivity index (χ1v) is 8.22. The van der Waals surface area contributed by atoms with Crippen molar-refractivity contribution in [3.63, 3.8) is 0 Å². The van der Waals surface area contributed by atoms with Gasteiger partial charge in [0.2, 0.25) is 5.95 Å². The number of aromatic carboxylic acids is 1. The lowest BCUT2D eigenvalue weighted by atomic mass is 10.1. The SMILES string of the molecule is O=C(O)c1cnn(-c2nc3cnn(Cc4cc(F)cc(C(F)(F)F)c4)c3c(=O)[nH]2)c1. The van der Waals surface area contributed by atoms with E-state index in [4.69, 9.17) is 5.11 Å². The van der Waals surface area contributed by atoms with Crippen LogP contribution in [0.2, 0.25) is 0 Å². The van der Waals surface area contributed by atoms with Crippen LogP contribution in [0.25, 0.3) is 17.0 Å². The zero-order chi connectivity index (χ0) is 21.6. The Labute approximate surface area is 163 Å². The van der Waals surface area contributed by atoms with Gasteiger partial charge in [-0.05, 0) is 23.8 Å². The van der Waals surface area contributed by atoms with Crippen LogP contribution in [-0.2, 0) is 12.7 Å². The normalized spacial score (nSPS) is 11.9. The number of carboxylic acid groups (broad SMARTS) is 1. The molecule has 0 aliphatic carbocycles. The summed E-state index contributed by atoms with van der Waals surface area (Å²) in [5.74, 6) is -2.37. The van der Waals surface area contributed by atoms with Crippen molar-refractivity contribution in [1.29, 1.82) is 0 Å². The number of hydrogen-bond donors (Lipinski definition) is 2. The third kappa shape index (κ3) is 3.52. The molecule has 0 aliphatic rings. The zero-order valence-corrected chi connectivity index (χ0v) is 14.7. The quantitative estimate of drug-likeness (QED) is 0.487. The second-order valence-electron chi connectivity index (χ2n) is 6.25. The van der Waals surface area contributed by atoms with Gasteiger partial charge in [0, 0.05) is 6.20 Å². The van der Waals surface area contributed by atoms with Crippen molar-refractivity contribution in [3.8, 4) is 5.95 Å². The van der Waals surface area contributed by atoms with Crippen molar-refractivity contribution in [3.05, 3.63) is 69.7 Å². The number of H-pyrrole nitrogens is 1. The summed E-state index contributed by atoms with van der Waals surface area (Å²) in [6.45, 7) is -0.306. The fraction of sp³-hybridized carbons (Fsp3) is 0.118. The zero-order valence-electron chi connectivity index (χ0n) is 14.7. The molecule has 0 bridgehead atoms. The van der Waals surface area contributed by atoms with Crippen LogP contribution in [0.3, 0.4) is 0 Å². The number of nitrogens with one attached hydrogen (secondary N) is 1. The molecule has 4 aromatic rings. The van der Waals surface area contributed by atoms with Gasteiger partial charge in [0.15, 0.2) is 5.52 Å². The van der Waals surface area contributed by atoms with Crippen LogP contribution in [0, 0.1) is 5.82 Å². The smallest absolute Gasteiger partial charge is 0.416 e. The first kappa shape index (κ1) is 19.3. The molecular formula is C17H10F4N6O3. The Morgan fingerprint density at radius 1 is 1.17 bits per heavy atom. The summed E-state index contributed by atoms with van der Waals surface area (Å²) in [7, 11) is 0. The van der Waals surface area contributed by atoms with Gasteiger partial charge in [-0.25, -0.2) is 18.9 Å². The molecule has 0 fully saturated rings.